The van der Waals surface area contributed by atoms with Crippen molar-refractivity contribution in [3.05, 3.63) is 35.7 Å². The van der Waals surface area contributed by atoms with Crippen molar-refractivity contribution in [1.29, 1.82) is 0 Å². The number of benzene rings is 1. The summed E-state index contributed by atoms with van der Waals surface area (Å²) >= 11 is 0. The molecule has 3 heterocycles. The highest BCUT2D eigenvalue weighted by molar-refractivity contribution is 5.92. The number of ether oxygens (including phenoxy) is 1. The average Bonchev–Trinajstić information content (AvgIpc) is 3.38. The van der Waals surface area contributed by atoms with Crippen LogP contribution in [0.2, 0.25) is 0 Å². The van der Waals surface area contributed by atoms with Crippen molar-refractivity contribution in [1.82, 2.24) is 25.3 Å². The molecule has 9 nitrogen and oxygen atoms in total. The molecule has 31 heavy (non-hydrogen) atoms. The Bertz CT molecular complexity index is 1080. The molecular formula is C21H25FN6O3. The van der Waals surface area contributed by atoms with Crippen LogP contribution in [0.3, 0.4) is 0 Å². The monoisotopic (exact) mass is 428 g/mol. The van der Waals surface area contributed by atoms with Gasteiger partial charge in [0.1, 0.15) is 11.6 Å². The molecule has 0 saturated carbocycles. The Morgan fingerprint density at radius 3 is 2.84 bits per heavy atom. The van der Waals surface area contributed by atoms with Crippen LogP contribution < -0.4 is 10.6 Å². The van der Waals surface area contributed by atoms with Crippen LogP contribution in [0.4, 0.5) is 15.1 Å². The number of carbonyl (C=O) groups excluding carboxylic acids is 1. The molecule has 1 unspecified atom stereocenters. The van der Waals surface area contributed by atoms with Crippen LogP contribution in [0.1, 0.15) is 44.2 Å². The van der Waals surface area contributed by atoms with E-state index in [-0.39, 0.29) is 5.95 Å². The van der Waals surface area contributed by atoms with Gasteiger partial charge in [0.05, 0.1) is 23.2 Å². The number of aromatic amines is 1. The minimum absolute atomic E-state index is 0.222. The lowest BCUT2D eigenvalue weighted by molar-refractivity contribution is 0.110. The van der Waals surface area contributed by atoms with Gasteiger partial charge in [-0.05, 0) is 32.8 Å². The summed E-state index contributed by atoms with van der Waals surface area (Å²) in [7, 11) is 0. The van der Waals surface area contributed by atoms with Crippen LogP contribution in [0, 0.1) is 5.82 Å². The minimum Gasteiger partial charge on any atom is -0.393 e. The van der Waals surface area contributed by atoms with Crippen molar-refractivity contribution >= 4 is 23.0 Å². The van der Waals surface area contributed by atoms with E-state index in [2.05, 4.69) is 30.6 Å². The molecule has 0 radical (unpaired) electrons. The molecule has 1 aromatic carbocycles. The summed E-state index contributed by atoms with van der Waals surface area (Å²) in [5.74, 6) is 0.261. The number of urea groups is 1. The molecule has 1 saturated heterocycles. The van der Waals surface area contributed by atoms with Crippen molar-refractivity contribution in [2.24, 2.45) is 0 Å². The maximum absolute atomic E-state index is 15.7. The Labute approximate surface area is 178 Å². The molecule has 2 amide bonds. The van der Waals surface area contributed by atoms with E-state index >= 15 is 4.39 Å². The van der Waals surface area contributed by atoms with Crippen LogP contribution >= 0.6 is 0 Å². The number of nitrogens with zero attached hydrogens (tertiary/aromatic N) is 3. The van der Waals surface area contributed by atoms with Crippen molar-refractivity contribution in [2.75, 3.05) is 18.5 Å². The zero-order valence-electron chi connectivity index (χ0n) is 17.4. The maximum Gasteiger partial charge on any atom is 0.321 e. The molecule has 3 aromatic rings. The molecule has 4 rings (SSSR count). The largest absolute Gasteiger partial charge is 0.393 e. The lowest BCUT2D eigenvalue weighted by Gasteiger charge is -2.15. The van der Waals surface area contributed by atoms with E-state index in [0.29, 0.717) is 59.5 Å². The predicted molar refractivity (Wildman–Crippen MR) is 113 cm³/mol. The topological polar surface area (TPSA) is 125 Å². The molecule has 2 atom stereocenters. The summed E-state index contributed by atoms with van der Waals surface area (Å²) in [5.41, 5.74) is 2.17. The van der Waals surface area contributed by atoms with Crippen LogP contribution in [0.5, 0.6) is 0 Å². The molecule has 4 N–H and O–H groups in total. The molecule has 1 fully saturated rings. The number of nitrogens with one attached hydrogen (secondary N) is 3. The molecule has 1 aliphatic rings. The second kappa shape index (κ2) is 8.94. The van der Waals surface area contributed by atoms with Crippen molar-refractivity contribution in [3.8, 4) is 11.1 Å². The molecular weight excluding hydrogens is 403 g/mol. The van der Waals surface area contributed by atoms with Gasteiger partial charge in [0, 0.05) is 48.7 Å². The number of hydrogen-bond donors (Lipinski definition) is 4. The number of anilines is 1. The van der Waals surface area contributed by atoms with Gasteiger partial charge >= 0.3 is 6.03 Å². The van der Waals surface area contributed by atoms with Gasteiger partial charge in [0.25, 0.3) is 0 Å². The summed E-state index contributed by atoms with van der Waals surface area (Å²) in [6, 6.07) is 1.23. The van der Waals surface area contributed by atoms with Crippen LogP contribution in [0.25, 0.3) is 22.2 Å². The van der Waals surface area contributed by atoms with E-state index in [4.69, 9.17) is 4.74 Å². The van der Waals surface area contributed by atoms with E-state index in [9.17, 15) is 9.90 Å². The van der Waals surface area contributed by atoms with Crippen LogP contribution in [0.15, 0.2) is 18.5 Å². The van der Waals surface area contributed by atoms with Gasteiger partial charge in [-0.3, -0.25) is 5.32 Å². The molecule has 1 aliphatic heterocycles. The third-order valence-corrected chi connectivity index (χ3v) is 5.06. The first-order valence-electron chi connectivity index (χ1n) is 10.3. The van der Waals surface area contributed by atoms with Crippen LogP contribution in [-0.2, 0) is 11.2 Å². The normalized spacial score (nSPS) is 17.1. The SMILES string of the molecule is CCNC(=O)Nc1nc2c([C@H]3CCCO3)c(F)c(-c3cnc(CC(C)O)nc3)cc2[nH]1. The fourth-order valence-electron chi connectivity index (χ4n) is 3.70. The summed E-state index contributed by atoms with van der Waals surface area (Å²) in [6.45, 7) is 4.49. The number of aliphatic hydroxyl groups is 1. The lowest BCUT2D eigenvalue weighted by atomic mass is 9.98. The number of hydrogen-bond acceptors (Lipinski definition) is 6. The molecule has 10 heteroatoms. The number of aliphatic hydroxyl groups excluding tert-OH is 1. The highest BCUT2D eigenvalue weighted by Crippen LogP contribution is 2.39. The Hall–Kier alpha value is -3.11. The predicted octanol–water partition coefficient (Wildman–Crippen LogP) is 3.08. The fraction of sp³-hybridized carbons (Fsp3) is 0.429. The minimum atomic E-state index is -0.564. The second-order valence-corrected chi connectivity index (χ2v) is 7.56. The van der Waals surface area contributed by atoms with Crippen molar-refractivity contribution < 1.29 is 19.0 Å². The molecule has 2 aromatic heterocycles. The number of amides is 2. The zero-order chi connectivity index (χ0) is 22.0. The summed E-state index contributed by atoms with van der Waals surface area (Å²) < 4.78 is 21.5. The van der Waals surface area contributed by atoms with Gasteiger partial charge in [-0.25, -0.2) is 24.1 Å². The summed E-state index contributed by atoms with van der Waals surface area (Å²) in [6.07, 6.45) is 3.94. The number of aromatic nitrogens is 4. The average molecular weight is 428 g/mol. The number of halogens is 1. The number of rotatable bonds is 6. The van der Waals surface area contributed by atoms with Gasteiger partial charge in [0.15, 0.2) is 0 Å². The molecule has 0 bridgehead atoms. The molecule has 0 aliphatic carbocycles. The van der Waals surface area contributed by atoms with Gasteiger partial charge in [-0.2, -0.15) is 0 Å². The van der Waals surface area contributed by atoms with Crippen molar-refractivity contribution in [3.63, 3.8) is 0 Å². The van der Waals surface area contributed by atoms with Gasteiger partial charge in [0.2, 0.25) is 5.95 Å². The summed E-state index contributed by atoms with van der Waals surface area (Å²) in [4.78, 5) is 27.8. The Kier molecular flexibility index (Phi) is 6.10. The first-order chi connectivity index (χ1) is 15.0. The maximum atomic E-state index is 15.7. The number of H-pyrrole nitrogens is 1. The number of imidazole rings is 1. The van der Waals surface area contributed by atoms with Crippen molar-refractivity contribution in [2.45, 2.75) is 45.3 Å². The first-order valence-corrected chi connectivity index (χ1v) is 10.3. The lowest BCUT2D eigenvalue weighted by Crippen LogP contribution is -2.28. The van der Waals surface area contributed by atoms with E-state index in [1.807, 2.05) is 6.92 Å². The zero-order valence-corrected chi connectivity index (χ0v) is 17.4. The van der Waals surface area contributed by atoms with Gasteiger partial charge in [-0.15, -0.1) is 0 Å². The van der Waals surface area contributed by atoms with E-state index in [0.717, 1.165) is 6.42 Å². The molecule has 164 valence electrons. The first kappa shape index (κ1) is 21.1. The van der Waals surface area contributed by atoms with E-state index in [1.165, 1.54) is 0 Å². The second-order valence-electron chi connectivity index (χ2n) is 7.56. The third kappa shape index (κ3) is 4.49. The molecule has 0 spiro atoms. The third-order valence-electron chi connectivity index (χ3n) is 5.06. The van der Waals surface area contributed by atoms with E-state index in [1.54, 1.807) is 25.4 Å². The Morgan fingerprint density at radius 1 is 1.42 bits per heavy atom. The highest BCUT2D eigenvalue weighted by Gasteiger charge is 2.28. The fourth-order valence-corrected chi connectivity index (χ4v) is 3.70. The quantitative estimate of drug-likeness (QED) is 0.478. The van der Waals surface area contributed by atoms with Crippen LogP contribution in [-0.4, -0.2) is 50.3 Å². The van der Waals surface area contributed by atoms with Gasteiger partial charge < -0.3 is 20.1 Å². The number of carbonyl (C=O) groups is 1. The smallest absolute Gasteiger partial charge is 0.321 e. The Balaban J connectivity index is 1.78. The highest BCUT2D eigenvalue weighted by atomic mass is 19.1. The standard InChI is InChI=1S/C21H25FN6O3/c1-3-23-21(30)28-20-26-14-8-13(12-9-24-16(25-10-12)7-11(2)29)18(22)17(19(14)27-20)15-5-4-6-31-15/h8-11,15,29H,3-7H2,1-2H3,(H3,23,26,27,28,30)/t11?,15-/m1/s1. The summed E-state index contributed by atoms with van der Waals surface area (Å²) in [5, 5.41) is 14.8. The Morgan fingerprint density at radius 2 is 2.19 bits per heavy atom. The van der Waals surface area contributed by atoms with Gasteiger partial charge in [-0.1, -0.05) is 0 Å². The number of fused-ring (bicyclic) bond motifs is 1. The van der Waals surface area contributed by atoms with E-state index < -0.39 is 24.1 Å².